The number of halogens is 2. The molecule has 8 aromatic carbocycles. The molecule has 8 aromatic heterocycles. The first-order chi connectivity index (χ1) is 56.8. The van der Waals surface area contributed by atoms with Crippen LogP contribution < -0.4 is 43.1 Å². The summed E-state index contributed by atoms with van der Waals surface area (Å²) in [5.74, 6) is 0. The van der Waals surface area contributed by atoms with Crippen molar-refractivity contribution in [2.24, 2.45) is 0 Å². The normalized spacial score (nSPS) is 11.9. The Morgan fingerprint density at radius 2 is 0.339 bits per heavy atom. The highest BCUT2D eigenvalue weighted by Crippen LogP contribution is 2.43. The molecule has 0 radical (unpaired) electrons. The summed E-state index contributed by atoms with van der Waals surface area (Å²) in [6.45, 7) is 14.2. The van der Waals surface area contributed by atoms with Gasteiger partial charge in [0, 0.05) is 124 Å². The van der Waals surface area contributed by atoms with Gasteiger partial charge in [-0.15, -0.1) is 0 Å². The Labute approximate surface area is 707 Å². The molecule has 16 aromatic rings. The number of hydrogen-bond acceptors (Lipinski definition) is 4. The molecular weight excluding hydrogens is 1570 g/mol. The first-order valence-corrected chi connectivity index (χ1v) is 39.8. The van der Waals surface area contributed by atoms with Crippen molar-refractivity contribution in [1.82, 2.24) is 39.9 Å². The molecule has 12 heterocycles. The SMILES string of the molecule is Cc1ccc(-c2c3nc(c(-c4ccc(C)cc4)c4ccc([nH]4)c(-c4ccc(C[n+]5ccc(-c6cc[n+](Cc7ccc(-c8c9nc(c(-c%10ccc(C)cc%10)c%10ccc([nH]%10)c(-c%10ccc(C)cc%10)c%10nc(c(-c%11ccc(C)cc%11)c%11ccc8[nH]%11)C=C%10)C=C9)cc7)cc6)cc5)cc4)c4nc(c(-c5ccc(C)cc5)c5ccc2[nH]5)C=C4)C=C3)cc1.[Br-].[Br-]. The van der Waals surface area contributed by atoms with E-state index in [0.717, 1.165) is 190 Å². The average molecular weight is 1660 g/mol. The van der Waals surface area contributed by atoms with E-state index in [1.807, 2.05) is 0 Å². The van der Waals surface area contributed by atoms with Gasteiger partial charge in [-0.25, -0.2) is 29.1 Å². The van der Waals surface area contributed by atoms with E-state index in [1.165, 1.54) is 44.5 Å². The summed E-state index contributed by atoms with van der Waals surface area (Å²) in [4.78, 5) is 38.0. The molecule has 0 amide bonds. The highest BCUT2D eigenvalue weighted by atomic mass is 79.9. The smallest absolute Gasteiger partial charge is 0.173 e. The fourth-order valence-electron chi connectivity index (χ4n) is 16.6. The summed E-state index contributed by atoms with van der Waals surface area (Å²) in [5, 5.41) is 0. The zero-order chi connectivity index (χ0) is 78.1. The molecule has 4 aliphatic rings. The Morgan fingerprint density at radius 1 is 0.186 bits per heavy atom. The van der Waals surface area contributed by atoms with Crippen molar-refractivity contribution >= 4 is 92.7 Å². The van der Waals surface area contributed by atoms with Gasteiger partial charge in [0.2, 0.25) is 0 Å². The monoisotopic (exact) mass is 1650 g/mol. The highest BCUT2D eigenvalue weighted by Gasteiger charge is 2.24. The van der Waals surface area contributed by atoms with E-state index >= 15 is 0 Å². The number of aryl methyl sites for hydroxylation is 6. The van der Waals surface area contributed by atoms with Gasteiger partial charge < -0.3 is 53.9 Å². The molecule has 0 fully saturated rings. The molecule has 118 heavy (non-hydrogen) atoms. The van der Waals surface area contributed by atoms with Crippen molar-refractivity contribution in [3.05, 3.63) is 382 Å². The minimum absolute atomic E-state index is 0. The maximum atomic E-state index is 5.60. The number of nitrogens with zero attached hydrogens (tertiary/aromatic N) is 6. The molecule has 4 aliphatic heterocycles. The minimum Gasteiger partial charge on any atom is -1.00 e. The van der Waals surface area contributed by atoms with E-state index in [-0.39, 0.29) is 34.0 Å². The van der Waals surface area contributed by atoms with Gasteiger partial charge in [-0.1, -0.05) is 228 Å². The standard InChI is InChI=1S/C106H80N10.2BrH/c1-65-7-23-75(24-8-65)99-83-39-43-87(107-83)101(77-27-11-67(3)12-28-77)91-47-51-95(111-91)105(96-52-48-92(112-96)102(88-44-40-84(99)108-88)78-29-13-68(4)14-30-78)81-35-19-71(20-36-81)63-115-59-55-73(56-60-115)74-57-61-116(62-58-74)64-72-21-37-82(38-22-72)106-97-53-49-93(113-97)103(79-31-15-69(5)16-32-79)89-45-41-85(109-89)100(76-25-9-66(2)10-26-76)86-42-46-90(110-86)104(94-50-54-98(106)114-94)80-33-17-70(6)18-34-80;;/h7-62H,63-64H2,1-6H3,(H2,107,108,109,110,111,112,113,114);2*1H. The molecule has 570 valence electrons. The van der Waals surface area contributed by atoms with Gasteiger partial charge >= 0.3 is 0 Å². The van der Waals surface area contributed by atoms with Crippen molar-refractivity contribution in [3.63, 3.8) is 0 Å². The van der Waals surface area contributed by atoms with Crippen LogP contribution in [0.5, 0.6) is 0 Å². The number of aromatic amines is 4. The number of H-pyrrole nitrogens is 4. The number of hydrogen-bond donors (Lipinski definition) is 4. The third-order valence-electron chi connectivity index (χ3n) is 22.9. The van der Waals surface area contributed by atoms with Crippen molar-refractivity contribution in [2.75, 3.05) is 0 Å². The Balaban J connectivity index is 0.00000480. The summed E-state index contributed by atoms with van der Waals surface area (Å²) < 4.78 is 4.49. The Kier molecular flexibility index (Phi) is 20.4. The minimum atomic E-state index is 0. The maximum Gasteiger partial charge on any atom is 0.173 e. The predicted molar refractivity (Wildman–Crippen MR) is 480 cm³/mol. The van der Waals surface area contributed by atoms with Gasteiger partial charge in [-0.05, 0) is 194 Å². The average Bonchev–Trinajstić information content (AvgIpc) is 1.61. The van der Waals surface area contributed by atoms with Gasteiger partial charge in [0.05, 0.1) is 45.6 Å². The summed E-state index contributed by atoms with van der Waals surface area (Å²) in [5.41, 5.74) is 43.4. The van der Waals surface area contributed by atoms with Crippen molar-refractivity contribution in [3.8, 4) is 100 Å². The molecule has 10 nitrogen and oxygen atoms in total. The lowest BCUT2D eigenvalue weighted by Crippen LogP contribution is -3.00. The van der Waals surface area contributed by atoms with Crippen LogP contribution in [0.2, 0.25) is 0 Å². The van der Waals surface area contributed by atoms with Crippen LogP contribution >= 0.6 is 0 Å². The number of benzene rings is 8. The summed E-state index contributed by atoms with van der Waals surface area (Å²) >= 11 is 0. The molecule has 20 rings (SSSR count). The van der Waals surface area contributed by atoms with Crippen LogP contribution in [0, 0.1) is 41.5 Å². The van der Waals surface area contributed by atoms with Gasteiger partial charge in [-0.3, -0.25) is 0 Å². The van der Waals surface area contributed by atoms with E-state index in [1.54, 1.807) is 0 Å². The Morgan fingerprint density at radius 3 is 0.500 bits per heavy atom. The third-order valence-corrected chi connectivity index (χ3v) is 22.9. The van der Waals surface area contributed by atoms with E-state index in [4.69, 9.17) is 19.9 Å². The first kappa shape index (κ1) is 75.6. The molecule has 0 saturated carbocycles. The summed E-state index contributed by atoms with van der Waals surface area (Å²) in [7, 11) is 0. The van der Waals surface area contributed by atoms with Crippen LogP contribution in [0.3, 0.4) is 0 Å². The van der Waals surface area contributed by atoms with Crippen molar-refractivity contribution in [1.29, 1.82) is 0 Å². The second-order valence-electron chi connectivity index (χ2n) is 31.1. The molecule has 12 heteroatoms. The van der Waals surface area contributed by atoms with Gasteiger partial charge in [0.25, 0.3) is 0 Å². The van der Waals surface area contributed by atoms with Crippen molar-refractivity contribution in [2.45, 2.75) is 54.6 Å². The Bertz CT molecular complexity index is 6570. The van der Waals surface area contributed by atoms with Crippen LogP contribution in [0.1, 0.15) is 90.1 Å². The molecule has 0 spiro atoms. The zero-order valence-corrected chi connectivity index (χ0v) is 69.4. The van der Waals surface area contributed by atoms with E-state index < -0.39 is 0 Å². The number of fused-ring (bicyclic) bond motifs is 16. The highest BCUT2D eigenvalue weighted by molar-refractivity contribution is 6.03. The molecule has 0 aliphatic carbocycles. The lowest BCUT2D eigenvalue weighted by atomic mass is 10.0. The van der Waals surface area contributed by atoms with E-state index in [2.05, 4.69) is 411 Å². The lowest BCUT2D eigenvalue weighted by Gasteiger charge is -2.08. The van der Waals surface area contributed by atoms with Crippen LogP contribution in [0.15, 0.2) is 292 Å². The van der Waals surface area contributed by atoms with Crippen LogP contribution in [-0.2, 0) is 13.1 Å². The molecule has 4 N–H and O–H groups in total. The largest absolute Gasteiger partial charge is 1.00 e. The zero-order valence-electron chi connectivity index (χ0n) is 66.2. The second kappa shape index (κ2) is 31.8. The van der Waals surface area contributed by atoms with Crippen molar-refractivity contribution < 1.29 is 43.1 Å². The van der Waals surface area contributed by atoms with Gasteiger partial charge in [-0.2, -0.15) is 0 Å². The molecule has 0 atom stereocenters. The second-order valence-corrected chi connectivity index (χ2v) is 31.1. The van der Waals surface area contributed by atoms with Crippen LogP contribution in [0.4, 0.5) is 0 Å². The first-order valence-electron chi connectivity index (χ1n) is 39.8. The quantitative estimate of drug-likeness (QED) is 0.0859. The maximum absolute atomic E-state index is 5.60. The van der Waals surface area contributed by atoms with E-state index in [0.29, 0.717) is 13.1 Å². The topological polar surface area (TPSA) is 122 Å². The fraction of sp³-hybridized carbons (Fsp3) is 0.0755. The molecule has 0 saturated heterocycles. The van der Waals surface area contributed by atoms with Crippen LogP contribution in [-0.4, -0.2) is 39.9 Å². The number of pyridine rings is 2. The van der Waals surface area contributed by atoms with Crippen LogP contribution in [0.25, 0.3) is 193 Å². The molecule has 0 unspecified atom stereocenters. The van der Waals surface area contributed by atoms with E-state index in [9.17, 15) is 0 Å². The number of nitrogens with one attached hydrogen (secondary N) is 4. The summed E-state index contributed by atoms with van der Waals surface area (Å²) in [6.07, 6.45) is 26.1. The third kappa shape index (κ3) is 14.8. The molecular formula is C106H82Br2N10. The lowest BCUT2D eigenvalue weighted by molar-refractivity contribution is -0.688. The van der Waals surface area contributed by atoms with Gasteiger partial charge in [0.15, 0.2) is 37.9 Å². The summed E-state index contributed by atoms with van der Waals surface area (Å²) in [6, 6.07) is 96.9. The molecule has 16 bridgehead atoms. The number of aromatic nitrogens is 10. The fourth-order valence-corrected chi connectivity index (χ4v) is 16.6. The van der Waals surface area contributed by atoms with Gasteiger partial charge in [0.1, 0.15) is 0 Å². The number of rotatable bonds is 13. The Hall–Kier alpha value is -13.8. The predicted octanol–water partition coefficient (Wildman–Crippen LogP) is 19.2.